The Morgan fingerprint density at radius 2 is 2.07 bits per heavy atom. The van der Waals surface area contributed by atoms with E-state index in [-0.39, 0.29) is 11.4 Å². The number of nitrogens with zero attached hydrogens (tertiary/aromatic N) is 4. The highest BCUT2D eigenvalue weighted by Gasteiger charge is 2.36. The van der Waals surface area contributed by atoms with Gasteiger partial charge in [-0.1, -0.05) is 6.92 Å². The molecule has 0 saturated carbocycles. The average Bonchev–Trinajstić information content (AvgIpc) is 3.11. The predicted molar refractivity (Wildman–Crippen MR) is 96.4 cm³/mol. The van der Waals surface area contributed by atoms with Crippen LogP contribution in [-0.4, -0.2) is 45.8 Å². The number of aromatic nitrogens is 4. The second-order valence-corrected chi connectivity index (χ2v) is 6.54. The first-order valence-electron chi connectivity index (χ1n) is 8.83. The molecule has 0 aliphatic carbocycles. The van der Waals surface area contributed by atoms with Gasteiger partial charge in [0.05, 0.1) is 5.56 Å². The molecule has 4 heterocycles. The monoisotopic (exact) mass is 376 g/mol. The van der Waals surface area contributed by atoms with E-state index in [9.17, 15) is 13.2 Å². The number of anilines is 1. The highest BCUT2D eigenvalue weighted by atomic mass is 19.4. The number of piperazine rings is 1. The molecule has 4 rings (SSSR count). The molecule has 0 bridgehead atoms. The van der Waals surface area contributed by atoms with E-state index in [0.29, 0.717) is 36.0 Å². The van der Waals surface area contributed by atoms with Gasteiger partial charge >= 0.3 is 6.18 Å². The summed E-state index contributed by atoms with van der Waals surface area (Å²) in [5.74, 6) is 0.526. The van der Waals surface area contributed by atoms with Gasteiger partial charge in [0.15, 0.2) is 5.65 Å². The van der Waals surface area contributed by atoms with Crippen molar-refractivity contribution in [3.8, 4) is 11.4 Å². The first kappa shape index (κ1) is 17.7. The minimum absolute atomic E-state index is 0.162. The van der Waals surface area contributed by atoms with Crippen LogP contribution < -0.4 is 10.2 Å². The molecule has 27 heavy (non-hydrogen) atoms. The zero-order chi connectivity index (χ0) is 19.0. The van der Waals surface area contributed by atoms with Gasteiger partial charge in [0, 0.05) is 37.3 Å². The number of alkyl halides is 3. The van der Waals surface area contributed by atoms with Crippen LogP contribution in [-0.2, 0) is 6.18 Å². The first-order valence-corrected chi connectivity index (χ1v) is 8.83. The fourth-order valence-corrected chi connectivity index (χ4v) is 3.38. The first-order chi connectivity index (χ1) is 13.0. The molecule has 0 aromatic carbocycles. The van der Waals surface area contributed by atoms with Gasteiger partial charge in [-0.3, -0.25) is 5.10 Å². The van der Waals surface area contributed by atoms with E-state index in [1.165, 1.54) is 6.07 Å². The lowest BCUT2D eigenvalue weighted by Crippen LogP contribution is -2.50. The summed E-state index contributed by atoms with van der Waals surface area (Å²) < 4.78 is 40.8. The van der Waals surface area contributed by atoms with Gasteiger partial charge in [0.2, 0.25) is 0 Å². The smallest absolute Gasteiger partial charge is 0.354 e. The molecule has 9 heteroatoms. The Kier molecular flexibility index (Phi) is 4.47. The molecular weight excluding hydrogens is 357 g/mol. The lowest BCUT2D eigenvalue weighted by Gasteiger charge is -2.34. The van der Waals surface area contributed by atoms with E-state index in [0.717, 1.165) is 19.0 Å². The summed E-state index contributed by atoms with van der Waals surface area (Å²) in [7, 11) is 0. The molecule has 3 aromatic rings. The fraction of sp³-hybridized carbons (Fsp3) is 0.389. The Hall–Kier alpha value is -2.68. The summed E-state index contributed by atoms with van der Waals surface area (Å²) in [6, 6.07) is 6.19. The molecule has 1 atom stereocenters. The molecule has 0 radical (unpaired) electrons. The van der Waals surface area contributed by atoms with Crippen molar-refractivity contribution in [1.29, 1.82) is 0 Å². The fourth-order valence-electron chi connectivity index (χ4n) is 3.38. The molecule has 3 aromatic heterocycles. The highest BCUT2D eigenvalue weighted by molar-refractivity contribution is 5.90. The Morgan fingerprint density at radius 3 is 2.85 bits per heavy atom. The third kappa shape index (κ3) is 3.34. The summed E-state index contributed by atoms with van der Waals surface area (Å²) in [5.41, 5.74) is -0.382. The summed E-state index contributed by atoms with van der Waals surface area (Å²) in [4.78, 5) is 10.5. The Labute approximate surface area is 153 Å². The van der Waals surface area contributed by atoms with Crippen molar-refractivity contribution in [2.45, 2.75) is 25.6 Å². The Morgan fingerprint density at radius 1 is 1.22 bits per heavy atom. The van der Waals surface area contributed by atoms with Gasteiger partial charge < -0.3 is 10.2 Å². The van der Waals surface area contributed by atoms with Crippen LogP contribution in [0.25, 0.3) is 22.4 Å². The van der Waals surface area contributed by atoms with Gasteiger partial charge in [-0.15, -0.1) is 0 Å². The Balaban J connectivity index is 1.83. The van der Waals surface area contributed by atoms with Gasteiger partial charge in [0.1, 0.15) is 17.2 Å². The second-order valence-electron chi connectivity index (χ2n) is 6.54. The second kappa shape index (κ2) is 6.80. The van der Waals surface area contributed by atoms with Crippen LogP contribution in [0.2, 0.25) is 0 Å². The number of pyridine rings is 2. The SMILES string of the molecule is CC[C@H]1CN(c2ccc(C(F)(F)F)c(-c3n[nH]c4ncccc34)n2)CCN1. The topological polar surface area (TPSA) is 69.7 Å². The molecule has 1 aliphatic heterocycles. The molecule has 0 amide bonds. The van der Waals surface area contributed by atoms with E-state index < -0.39 is 11.7 Å². The summed E-state index contributed by atoms with van der Waals surface area (Å²) >= 11 is 0. The number of H-pyrrole nitrogens is 1. The maximum atomic E-state index is 13.6. The van der Waals surface area contributed by atoms with E-state index in [2.05, 4.69) is 32.4 Å². The minimum Gasteiger partial charge on any atom is -0.354 e. The number of rotatable bonds is 3. The summed E-state index contributed by atoms with van der Waals surface area (Å²) in [6.45, 7) is 4.25. The summed E-state index contributed by atoms with van der Waals surface area (Å²) in [5, 5.41) is 10.7. The van der Waals surface area contributed by atoms with Crippen LogP contribution in [0.4, 0.5) is 19.0 Å². The predicted octanol–water partition coefficient (Wildman–Crippen LogP) is 3.23. The lowest BCUT2D eigenvalue weighted by molar-refractivity contribution is -0.137. The average molecular weight is 376 g/mol. The molecule has 0 spiro atoms. The zero-order valence-electron chi connectivity index (χ0n) is 14.7. The van der Waals surface area contributed by atoms with Crippen LogP contribution in [0, 0.1) is 0 Å². The van der Waals surface area contributed by atoms with Gasteiger partial charge in [-0.05, 0) is 30.7 Å². The normalized spacial score (nSPS) is 18.2. The van der Waals surface area contributed by atoms with Crippen LogP contribution >= 0.6 is 0 Å². The maximum Gasteiger partial charge on any atom is 0.418 e. The lowest BCUT2D eigenvalue weighted by atomic mass is 10.1. The van der Waals surface area contributed by atoms with Gasteiger partial charge in [-0.2, -0.15) is 18.3 Å². The summed E-state index contributed by atoms with van der Waals surface area (Å²) in [6.07, 6.45) is -2.02. The number of halogens is 3. The quantitative estimate of drug-likeness (QED) is 0.735. The third-order valence-electron chi connectivity index (χ3n) is 4.82. The Bertz CT molecular complexity index is 952. The van der Waals surface area contributed by atoms with E-state index in [1.807, 2.05) is 4.90 Å². The van der Waals surface area contributed by atoms with Crippen LogP contribution in [0.15, 0.2) is 30.5 Å². The molecule has 2 N–H and O–H groups in total. The maximum absolute atomic E-state index is 13.6. The molecular formula is C18H19F3N6. The largest absolute Gasteiger partial charge is 0.418 e. The third-order valence-corrected chi connectivity index (χ3v) is 4.82. The highest BCUT2D eigenvalue weighted by Crippen LogP contribution is 2.38. The van der Waals surface area contributed by atoms with Gasteiger partial charge in [0.25, 0.3) is 0 Å². The van der Waals surface area contributed by atoms with Crippen molar-refractivity contribution in [3.05, 3.63) is 36.0 Å². The van der Waals surface area contributed by atoms with Crippen molar-refractivity contribution >= 4 is 16.9 Å². The van der Waals surface area contributed by atoms with Crippen LogP contribution in [0.1, 0.15) is 18.9 Å². The van der Waals surface area contributed by atoms with E-state index >= 15 is 0 Å². The van der Waals surface area contributed by atoms with Crippen molar-refractivity contribution in [2.75, 3.05) is 24.5 Å². The molecule has 1 saturated heterocycles. The van der Waals surface area contributed by atoms with Crippen molar-refractivity contribution < 1.29 is 13.2 Å². The van der Waals surface area contributed by atoms with Crippen molar-refractivity contribution in [1.82, 2.24) is 25.5 Å². The van der Waals surface area contributed by atoms with Crippen LogP contribution in [0.3, 0.4) is 0 Å². The van der Waals surface area contributed by atoms with E-state index in [4.69, 9.17) is 0 Å². The molecule has 1 fully saturated rings. The number of hydrogen-bond donors (Lipinski definition) is 2. The minimum atomic E-state index is -4.52. The van der Waals surface area contributed by atoms with Crippen LogP contribution in [0.5, 0.6) is 0 Å². The molecule has 1 aliphatic rings. The molecule has 6 nitrogen and oxygen atoms in total. The van der Waals surface area contributed by atoms with E-state index in [1.54, 1.807) is 18.3 Å². The number of fused-ring (bicyclic) bond motifs is 1. The van der Waals surface area contributed by atoms with Gasteiger partial charge in [-0.25, -0.2) is 9.97 Å². The van der Waals surface area contributed by atoms with Crippen molar-refractivity contribution in [3.63, 3.8) is 0 Å². The number of aromatic amines is 1. The number of hydrogen-bond acceptors (Lipinski definition) is 5. The standard InChI is InChI=1S/C18H19F3N6/c1-2-11-10-27(9-8-22-11)14-6-5-13(18(19,20)21)16(24-14)15-12-4-3-7-23-17(12)26-25-15/h3-7,11,22H,2,8-10H2,1H3,(H,23,25,26)/t11-/m0/s1. The number of nitrogens with one attached hydrogen (secondary N) is 2. The molecule has 0 unspecified atom stereocenters. The zero-order valence-corrected chi connectivity index (χ0v) is 14.7. The molecule has 142 valence electrons. The van der Waals surface area contributed by atoms with Crippen molar-refractivity contribution in [2.24, 2.45) is 0 Å².